The van der Waals surface area contributed by atoms with E-state index in [0.717, 1.165) is 30.0 Å². The maximum Gasteiger partial charge on any atom is 0.164 e. The second-order valence-corrected chi connectivity index (χ2v) is 4.52. The van der Waals surface area contributed by atoms with Gasteiger partial charge in [0, 0.05) is 18.5 Å². The Hall–Kier alpha value is -1.55. The summed E-state index contributed by atoms with van der Waals surface area (Å²) in [6.07, 6.45) is 1.73. The third kappa shape index (κ3) is 2.82. The van der Waals surface area contributed by atoms with Crippen molar-refractivity contribution in [3.8, 4) is 5.75 Å². The molecule has 0 amide bonds. The Morgan fingerprint density at radius 2 is 2.39 bits per heavy atom. The van der Waals surface area contributed by atoms with Crippen LogP contribution in [0.2, 0.25) is 0 Å². The van der Waals surface area contributed by atoms with Crippen molar-refractivity contribution in [2.24, 2.45) is 0 Å². The molecule has 0 aromatic heterocycles. The number of ether oxygens (including phenoxy) is 1. The molecule has 1 aromatic rings. The fraction of sp³-hybridized carbons (Fsp3) is 0.500. The highest BCUT2D eigenvalue weighted by Gasteiger charge is 2.18. The molecule has 0 fully saturated rings. The van der Waals surface area contributed by atoms with E-state index in [1.54, 1.807) is 0 Å². The first-order valence-electron chi connectivity index (χ1n) is 6.47. The fourth-order valence-electron chi connectivity index (χ4n) is 2.00. The highest BCUT2D eigenvalue weighted by molar-refractivity contribution is 5.97. The largest absolute Gasteiger partial charge is 0.486 e. The van der Waals surface area contributed by atoms with Crippen LogP contribution in [0.25, 0.3) is 0 Å². The minimum absolute atomic E-state index is 0.159. The number of benzene rings is 1. The van der Waals surface area contributed by atoms with E-state index in [-0.39, 0.29) is 11.9 Å². The summed E-state index contributed by atoms with van der Waals surface area (Å²) in [5.41, 5.74) is 1.67. The summed E-state index contributed by atoms with van der Waals surface area (Å²) in [7, 11) is 1.85. The molecule has 2 rings (SSSR count). The van der Waals surface area contributed by atoms with Crippen molar-refractivity contribution >= 4 is 11.5 Å². The zero-order valence-corrected chi connectivity index (χ0v) is 11.0. The second kappa shape index (κ2) is 5.87. The lowest BCUT2D eigenvalue weighted by atomic mass is 10.1. The molecule has 0 saturated heterocycles. The average Bonchev–Trinajstić information content (AvgIpc) is 2.43. The molecule has 2 N–H and O–H groups in total. The van der Waals surface area contributed by atoms with Crippen molar-refractivity contribution < 1.29 is 9.53 Å². The first kappa shape index (κ1) is 12.9. The number of hydrogen-bond acceptors (Lipinski definition) is 4. The molecule has 98 valence electrons. The van der Waals surface area contributed by atoms with Crippen LogP contribution in [-0.4, -0.2) is 32.0 Å². The fourth-order valence-corrected chi connectivity index (χ4v) is 2.00. The molecular weight excluding hydrogens is 228 g/mol. The Morgan fingerprint density at radius 1 is 1.56 bits per heavy atom. The van der Waals surface area contributed by atoms with Crippen molar-refractivity contribution in [3.63, 3.8) is 0 Å². The zero-order chi connectivity index (χ0) is 13.0. The predicted molar refractivity (Wildman–Crippen MR) is 72.5 cm³/mol. The van der Waals surface area contributed by atoms with E-state index in [0.29, 0.717) is 13.0 Å². The van der Waals surface area contributed by atoms with E-state index in [9.17, 15) is 4.79 Å². The minimum Gasteiger partial charge on any atom is -0.486 e. The summed E-state index contributed by atoms with van der Waals surface area (Å²) in [5.74, 6) is 1.00. The summed E-state index contributed by atoms with van der Waals surface area (Å²) < 4.78 is 5.81. The van der Waals surface area contributed by atoms with Gasteiger partial charge in [-0.15, -0.1) is 0 Å². The molecule has 1 atom stereocenters. The number of Topliss-reactive ketones (excluding diaryl/α,β-unsaturated/α-hetero) is 1. The first-order valence-corrected chi connectivity index (χ1v) is 6.47. The molecule has 4 nitrogen and oxygen atoms in total. The molecule has 4 heteroatoms. The van der Waals surface area contributed by atoms with Crippen LogP contribution in [0.4, 0.5) is 5.69 Å². The maximum atomic E-state index is 11.9. The van der Waals surface area contributed by atoms with Gasteiger partial charge < -0.3 is 15.4 Å². The molecule has 0 saturated carbocycles. The van der Waals surface area contributed by atoms with E-state index in [1.165, 1.54) is 0 Å². The van der Waals surface area contributed by atoms with Crippen molar-refractivity contribution in [3.05, 3.63) is 23.8 Å². The number of rotatable bonds is 5. The van der Waals surface area contributed by atoms with E-state index in [2.05, 4.69) is 17.6 Å². The van der Waals surface area contributed by atoms with Crippen LogP contribution < -0.4 is 15.4 Å². The van der Waals surface area contributed by atoms with Crippen molar-refractivity contribution in [2.45, 2.75) is 25.9 Å². The number of ketones is 1. The summed E-state index contributed by atoms with van der Waals surface area (Å²) in [5, 5.41) is 6.31. The topological polar surface area (TPSA) is 50.4 Å². The van der Waals surface area contributed by atoms with Gasteiger partial charge in [-0.25, -0.2) is 0 Å². The standard InChI is InChI=1S/C14H20N2O2/c1-3-11-9-16-12-8-10(4-5-14(12)18-11)13(17)6-7-15-2/h4-5,8,11,15-16H,3,6-7,9H2,1-2H3. The molecule has 0 radical (unpaired) electrons. The molecule has 0 spiro atoms. The lowest BCUT2D eigenvalue weighted by Crippen LogP contribution is -2.30. The third-order valence-corrected chi connectivity index (χ3v) is 3.17. The average molecular weight is 248 g/mol. The van der Waals surface area contributed by atoms with Gasteiger partial charge in [-0.1, -0.05) is 6.92 Å². The van der Waals surface area contributed by atoms with Crippen LogP contribution in [0.15, 0.2) is 18.2 Å². The van der Waals surface area contributed by atoms with Crippen molar-refractivity contribution in [1.82, 2.24) is 5.32 Å². The quantitative estimate of drug-likeness (QED) is 0.783. The molecule has 1 heterocycles. The smallest absolute Gasteiger partial charge is 0.164 e. The Morgan fingerprint density at radius 3 is 3.11 bits per heavy atom. The van der Waals surface area contributed by atoms with Gasteiger partial charge >= 0.3 is 0 Å². The summed E-state index contributed by atoms with van der Waals surface area (Å²) in [6, 6.07) is 5.62. The Labute approximate surface area is 108 Å². The minimum atomic E-state index is 0.159. The second-order valence-electron chi connectivity index (χ2n) is 4.52. The molecule has 1 aromatic carbocycles. The predicted octanol–water partition coefficient (Wildman–Crippen LogP) is 2.06. The van der Waals surface area contributed by atoms with Crippen LogP contribution in [0.5, 0.6) is 5.75 Å². The van der Waals surface area contributed by atoms with Crippen LogP contribution >= 0.6 is 0 Å². The number of nitrogens with one attached hydrogen (secondary N) is 2. The van der Waals surface area contributed by atoms with Crippen LogP contribution in [0.3, 0.4) is 0 Å². The summed E-state index contributed by atoms with van der Waals surface area (Å²) in [6.45, 7) is 3.61. The summed E-state index contributed by atoms with van der Waals surface area (Å²) >= 11 is 0. The zero-order valence-electron chi connectivity index (χ0n) is 11.0. The van der Waals surface area contributed by atoms with Crippen LogP contribution in [-0.2, 0) is 0 Å². The molecular formula is C14H20N2O2. The summed E-state index contributed by atoms with van der Waals surface area (Å²) in [4.78, 5) is 11.9. The molecule has 1 unspecified atom stereocenters. The number of anilines is 1. The van der Waals surface area contributed by atoms with E-state index in [1.807, 2.05) is 25.2 Å². The lowest BCUT2D eigenvalue weighted by Gasteiger charge is -2.26. The maximum absolute atomic E-state index is 11.9. The Balaban J connectivity index is 2.11. The number of carbonyl (C=O) groups excluding carboxylic acids is 1. The van der Waals surface area contributed by atoms with E-state index >= 15 is 0 Å². The van der Waals surface area contributed by atoms with Crippen LogP contribution in [0.1, 0.15) is 30.1 Å². The molecule has 18 heavy (non-hydrogen) atoms. The SMILES string of the molecule is CCC1CNc2cc(C(=O)CCNC)ccc2O1. The Bertz CT molecular complexity index is 432. The highest BCUT2D eigenvalue weighted by atomic mass is 16.5. The Kier molecular flexibility index (Phi) is 4.20. The van der Waals surface area contributed by atoms with Gasteiger partial charge in [0.25, 0.3) is 0 Å². The molecule has 0 bridgehead atoms. The van der Waals surface area contributed by atoms with Crippen molar-refractivity contribution in [2.75, 3.05) is 25.5 Å². The monoisotopic (exact) mass is 248 g/mol. The van der Waals surface area contributed by atoms with Gasteiger partial charge in [0.2, 0.25) is 0 Å². The van der Waals surface area contributed by atoms with Gasteiger partial charge in [-0.05, 0) is 31.7 Å². The number of carbonyl (C=O) groups is 1. The highest BCUT2D eigenvalue weighted by Crippen LogP contribution is 2.30. The van der Waals surface area contributed by atoms with Gasteiger partial charge in [-0.3, -0.25) is 4.79 Å². The van der Waals surface area contributed by atoms with E-state index < -0.39 is 0 Å². The lowest BCUT2D eigenvalue weighted by molar-refractivity contribution is 0.0983. The van der Waals surface area contributed by atoms with E-state index in [4.69, 9.17) is 4.74 Å². The number of hydrogen-bond donors (Lipinski definition) is 2. The first-order chi connectivity index (χ1) is 8.74. The van der Waals surface area contributed by atoms with Gasteiger partial charge in [0.05, 0.1) is 12.2 Å². The molecule has 0 aliphatic carbocycles. The van der Waals surface area contributed by atoms with Gasteiger partial charge in [-0.2, -0.15) is 0 Å². The molecule has 1 aliphatic rings. The van der Waals surface area contributed by atoms with Crippen LogP contribution in [0, 0.1) is 0 Å². The van der Waals surface area contributed by atoms with Gasteiger partial charge in [0.1, 0.15) is 11.9 Å². The third-order valence-electron chi connectivity index (χ3n) is 3.17. The number of fused-ring (bicyclic) bond motifs is 1. The molecule has 1 aliphatic heterocycles. The van der Waals surface area contributed by atoms with Crippen molar-refractivity contribution in [1.29, 1.82) is 0 Å². The normalized spacial score (nSPS) is 17.6. The van der Waals surface area contributed by atoms with Gasteiger partial charge in [0.15, 0.2) is 5.78 Å².